The van der Waals surface area contributed by atoms with Crippen molar-refractivity contribution in [3.05, 3.63) is 48.0 Å². The van der Waals surface area contributed by atoms with Gasteiger partial charge in [-0.05, 0) is 37.6 Å². The quantitative estimate of drug-likeness (QED) is 0.738. The van der Waals surface area contributed by atoms with Crippen molar-refractivity contribution in [2.75, 3.05) is 44.3 Å². The number of morpholine rings is 1. The molecule has 1 fully saturated rings. The van der Waals surface area contributed by atoms with Crippen LogP contribution < -0.4 is 4.90 Å². The summed E-state index contributed by atoms with van der Waals surface area (Å²) in [6, 6.07) is 14.6. The molecule has 5 heteroatoms. The second kappa shape index (κ2) is 7.82. The first-order chi connectivity index (χ1) is 12.7. The molecule has 2 aliphatic rings. The van der Waals surface area contributed by atoms with Crippen molar-refractivity contribution >= 4 is 28.9 Å². The van der Waals surface area contributed by atoms with Gasteiger partial charge < -0.3 is 9.64 Å². The van der Waals surface area contributed by atoms with E-state index < -0.39 is 0 Å². The highest BCUT2D eigenvalue weighted by Gasteiger charge is 2.24. The Balaban J connectivity index is 1.57. The first-order valence-corrected chi connectivity index (χ1v) is 10.0. The molecule has 2 aromatic carbocycles. The Morgan fingerprint density at radius 1 is 1.04 bits per heavy atom. The third kappa shape index (κ3) is 3.65. The molecule has 0 atom stereocenters. The van der Waals surface area contributed by atoms with Gasteiger partial charge in [-0.3, -0.25) is 9.69 Å². The lowest BCUT2D eigenvalue weighted by Crippen LogP contribution is -2.38. The van der Waals surface area contributed by atoms with E-state index in [1.54, 1.807) is 18.7 Å². The number of nitrogens with zero attached hydrogens (tertiary/aromatic N) is 2. The summed E-state index contributed by atoms with van der Waals surface area (Å²) in [6.45, 7) is 7.39. The van der Waals surface area contributed by atoms with Crippen LogP contribution in [0.5, 0.6) is 0 Å². The van der Waals surface area contributed by atoms with Crippen molar-refractivity contribution in [2.45, 2.75) is 23.1 Å². The molecule has 4 rings (SSSR count). The number of hydrogen-bond acceptors (Lipinski definition) is 5. The highest BCUT2D eigenvalue weighted by atomic mass is 32.2. The fourth-order valence-corrected chi connectivity index (χ4v) is 4.64. The molecule has 0 radical (unpaired) electrons. The van der Waals surface area contributed by atoms with Gasteiger partial charge in [0.2, 0.25) is 0 Å². The van der Waals surface area contributed by atoms with Crippen molar-refractivity contribution in [1.82, 2.24) is 4.90 Å². The van der Waals surface area contributed by atoms with Crippen LogP contribution in [0, 0.1) is 0 Å². The number of fused-ring (bicyclic) bond motifs is 2. The maximum Gasteiger partial charge on any atom is 0.159 e. The summed E-state index contributed by atoms with van der Waals surface area (Å²) in [5.41, 5.74) is 3.18. The van der Waals surface area contributed by atoms with Gasteiger partial charge in [0.1, 0.15) is 0 Å². The Labute approximate surface area is 159 Å². The molecule has 4 nitrogen and oxygen atoms in total. The van der Waals surface area contributed by atoms with Gasteiger partial charge in [0.15, 0.2) is 5.78 Å². The summed E-state index contributed by atoms with van der Waals surface area (Å²) in [6.07, 6.45) is 1.09. The van der Waals surface area contributed by atoms with E-state index in [0.29, 0.717) is 0 Å². The van der Waals surface area contributed by atoms with Crippen molar-refractivity contribution in [3.8, 4) is 0 Å². The number of para-hydroxylation sites is 1. The van der Waals surface area contributed by atoms with Crippen LogP contribution in [0.25, 0.3) is 0 Å². The second-order valence-electron chi connectivity index (χ2n) is 6.77. The van der Waals surface area contributed by atoms with E-state index in [1.807, 2.05) is 6.07 Å². The van der Waals surface area contributed by atoms with Gasteiger partial charge >= 0.3 is 0 Å². The third-order valence-electron chi connectivity index (χ3n) is 4.99. The van der Waals surface area contributed by atoms with Crippen molar-refractivity contribution < 1.29 is 9.53 Å². The molecular formula is C21H24N2O2S. The topological polar surface area (TPSA) is 32.8 Å². The molecule has 136 valence electrons. The van der Waals surface area contributed by atoms with Crippen LogP contribution in [0.2, 0.25) is 0 Å². The van der Waals surface area contributed by atoms with Crippen LogP contribution in [0.3, 0.4) is 0 Å². The molecule has 0 spiro atoms. The summed E-state index contributed by atoms with van der Waals surface area (Å²) in [5, 5.41) is 0. The molecule has 0 N–H and O–H groups in total. The van der Waals surface area contributed by atoms with Crippen LogP contribution in [-0.2, 0) is 4.74 Å². The fraction of sp³-hybridized carbons (Fsp3) is 0.381. The van der Waals surface area contributed by atoms with Crippen molar-refractivity contribution in [2.24, 2.45) is 0 Å². The Morgan fingerprint density at radius 3 is 2.62 bits per heavy atom. The molecule has 26 heavy (non-hydrogen) atoms. The maximum atomic E-state index is 11.9. The number of carbonyl (C=O) groups excluding carboxylic acids is 1. The summed E-state index contributed by atoms with van der Waals surface area (Å²) in [7, 11) is 0. The number of benzene rings is 2. The predicted molar refractivity (Wildman–Crippen MR) is 106 cm³/mol. The zero-order valence-electron chi connectivity index (χ0n) is 15.1. The molecule has 1 saturated heterocycles. The van der Waals surface area contributed by atoms with E-state index in [4.69, 9.17) is 4.74 Å². The molecule has 0 amide bonds. The molecule has 2 aliphatic heterocycles. The number of ether oxygens (including phenoxy) is 1. The summed E-state index contributed by atoms with van der Waals surface area (Å²) in [4.78, 5) is 19.2. The van der Waals surface area contributed by atoms with Crippen LogP contribution in [-0.4, -0.2) is 50.1 Å². The number of carbonyl (C=O) groups is 1. The number of rotatable bonds is 5. The molecule has 2 aromatic rings. The fourth-order valence-electron chi connectivity index (χ4n) is 3.57. The monoisotopic (exact) mass is 368 g/mol. The average Bonchev–Trinajstić information content (AvgIpc) is 2.68. The van der Waals surface area contributed by atoms with Gasteiger partial charge in [-0.25, -0.2) is 0 Å². The first-order valence-electron chi connectivity index (χ1n) is 9.22. The van der Waals surface area contributed by atoms with Crippen LogP contribution in [0.4, 0.5) is 11.4 Å². The van der Waals surface area contributed by atoms with Crippen molar-refractivity contribution in [1.29, 1.82) is 0 Å². The minimum Gasteiger partial charge on any atom is -0.379 e. The van der Waals surface area contributed by atoms with E-state index in [-0.39, 0.29) is 5.78 Å². The molecular weight excluding hydrogens is 344 g/mol. The largest absolute Gasteiger partial charge is 0.379 e. The summed E-state index contributed by atoms with van der Waals surface area (Å²) < 4.78 is 5.44. The lowest BCUT2D eigenvalue weighted by Gasteiger charge is -2.34. The van der Waals surface area contributed by atoms with Gasteiger partial charge in [-0.15, -0.1) is 0 Å². The zero-order chi connectivity index (χ0) is 17.9. The second-order valence-corrected chi connectivity index (χ2v) is 7.85. The highest BCUT2D eigenvalue weighted by Crippen LogP contribution is 2.48. The Bertz CT molecular complexity index is 802. The molecule has 2 heterocycles. The Morgan fingerprint density at radius 2 is 1.81 bits per heavy atom. The van der Waals surface area contributed by atoms with E-state index in [1.165, 1.54) is 15.5 Å². The number of anilines is 2. The normalized spacial score (nSPS) is 16.9. The van der Waals surface area contributed by atoms with E-state index in [2.05, 4.69) is 46.2 Å². The zero-order valence-corrected chi connectivity index (χ0v) is 15.9. The molecule has 0 unspecified atom stereocenters. The molecule has 0 bridgehead atoms. The van der Waals surface area contributed by atoms with Gasteiger partial charge in [0.05, 0.1) is 24.6 Å². The number of hydrogen-bond donors (Lipinski definition) is 0. The molecule has 0 aromatic heterocycles. The maximum absolute atomic E-state index is 11.9. The summed E-state index contributed by atoms with van der Waals surface area (Å²) >= 11 is 1.79. The number of ketones is 1. The van der Waals surface area contributed by atoms with Gasteiger partial charge in [-0.2, -0.15) is 0 Å². The van der Waals surface area contributed by atoms with Crippen LogP contribution in [0.1, 0.15) is 23.7 Å². The van der Waals surface area contributed by atoms with Crippen LogP contribution >= 0.6 is 11.8 Å². The SMILES string of the molecule is CC(=O)c1ccc2c(c1)N(CCCN1CCOCC1)c1ccccc1S2. The van der Waals surface area contributed by atoms with E-state index in [9.17, 15) is 4.79 Å². The van der Waals surface area contributed by atoms with E-state index >= 15 is 0 Å². The van der Waals surface area contributed by atoms with Crippen LogP contribution in [0.15, 0.2) is 52.3 Å². The van der Waals surface area contributed by atoms with Gasteiger partial charge in [0.25, 0.3) is 0 Å². The minimum atomic E-state index is 0.116. The standard InChI is InChI=1S/C21H24N2O2S/c1-16(24)17-7-8-21-19(15-17)23(18-5-2-3-6-20(18)26-21)10-4-9-22-11-13-25-14-12-22/h2-3,5-8,15H,4,9-14H2,1H3. The lowest BCUT2D eigenvalue weighted by molar-refractivity contribution is 0.0377. The number of Topliss-reactive ketones (excluding diaryl/α,β-unsaturated/α-hetero) is 1. The predicted octanol–water partition coefficient (Wildman–Crippen LogP) is 4.21. The molecule has 0 saturated carbocycles. The summed E-state index contributed by atoms with van der Waals surface area (Å²) in [5.74, 6) is 0.116. The van der Waals surface area contributed by atoms with Gasteiger partial charge in [0, 0.05) is 41.5 Å². The molecule has 0 aliphatic carbocycles. The highest BCUT2D eigenvalue weighted by molar-refractivity contribution is 7.99. The van der Waals surface area contributed by atoms with Gasteiger partial charge in [-0.1, -0.05) is 30.0 Å². The van der Waals surface area contributed by atoms with Crippen molar-refractivity contribution in [3.63, 3.8) is 0 Å². The minimum absolute atomic E-state index is 0.116. The lowest BCUT2D eigenvalue weighted by atomic mass is 10.1. The third-order valence-corrected chi connectivity index (χ3v) is 6.12. The van der Waals surface area contributed by atoms with E-state index in [0.717, 1.165) is 57.1 Å². The smallest absolute Gasteiger partial charge is 0.159 e. The Hall–Kier alpha value is -1.82. The Kier molecular flexibility index (Phi) is 5.29. The average molecular weight is 369 g/mol. The first kappa shape index (κ1) is 17.6.